The third kappa shape index (κ3) is 2.73. The third-order valence-corrected chi connectivity index (χ3v) is 2.37. The summed E-state index contributed by atoms with van der Waals surface area (Å²) in [5, 5.41) is 9.14. The lowest BCUT2D eigenvalue weighted by Gasteiger charge is -2.07. The Balaban J connectivity index is 2.09. The van der Waals surface area contributed by atoms with Gasteiger partial charge in [0.1, 0.15) is 0 Å². The van der Waals surface area contributed by atoms with Gasteiger partial charge in [0.05, 0.1) is 23.4 Å². The Morgan fingerprint density at radius 3 is 2.72 bits per heavy atom. The van der Waals surface area contributed by atoms with Crippen LogP contribution < -0.4 is 11.1 Å². The molecule has 6 nitrogen and oxygen atoms in total. The molecular weight excluding hydrogens is 232 g/mol. The van der Waals surface area contributed by atoms with Gasteiger partial charge >= 0.3 is 0 Å². The smallest absolute Gasteiger partial charge is 0.250 e. The van der Waals surface area contributed by atoms with Crippen molar-refractivity contribution in [2.45, 2.75) is 6.42 Å². The monoisotopic (exact) mass is 244 g/mol. The lowest BCUT2D eigenvalue weighted by molar-refractivity contribution is -0.115. The maximum atomic E-state index is 11.7. The summed E-state index contributed by atoms with van der Waals surface area (Å²) in [7, 11) is 0. The van der Waals surface area contributed by atoms with Gasteiger partial charge in [-0.1, -0.05) is 12.1 Å². The van der Waals surface area contributed by atoms with Crippen molar-refractivity contribution in [3.05, 3.63) is 47.8 Å². The fourth-order valence-corrected chi connectivity index (χ4v) is 1.56. The van der Waals surface area contributed by atoms with E-state index in [1.807, 2.05) is 0 Å². The zero-order valence-electron chi connectivity index (χ0n) is 9.51. The minimum Gasteiger partial charge on any atom is -0.366 e. The van der Waals surface area contributed by atoms with Crippen LogP contribution in [0.2, 0.25) is 0 Å². The van der Waals surface area contributed by atoms with Gasteiger partial charge in [-0.3, -0.25) is 14.7 Å². The topological polar surface area (TPSA) is 101 Å². The summed E-state index contributed by atoms with van der Waals surface area (Å²) in [5.41, 5.74) is 6.54. The number of rotatable bonds is 4. The molecule has 0 spiro atoms. The average Bonchev–Trinajstić information content (AvgIpc) is 2.82. The Kier molecular flexibility index (Phi) is 3.38. The minimum atomic E-state index is -0.578. The predicted octanol–water partition coefficient (Wildman–Crippen LogP) is 0.690. The number of aromatic nitrogens is 2. The quantitative estimate of drug-likeness (QED) is 0.737. The van der Waals surface area contributed by atoms with Crippen molar-refractivity contribution in [2.24, 2.45) is 5.73 Å². The summed E-state index contributed by atoms with van der Waals surface area (Å²) in [6.45, 7) is 0. The van der Waals surface area contributed by atoms with E-state index < -0.39 is 5.91 Å². The molecule has 2 amide bonds. The van der Waals surface area contributed by atoms with Crippen molar-refractivity contribution in [3.63, 3.8) is 0 Å². The summed E-state index contributed by atoms with van der Waals surface area (Å²) < 4.78 is 0. The second-order valence-electron chi connectivity index (χ2n) is 3.70. The van der Waals surface area contributed by atoms with E-state index in [0.717, 1.165) is 0 Å². The molecule has 0 bridgehead atoms. The Hall–Kier alpha value is -2.63. The Morgan fingerprint density at radius 2 is 2.06 bits per heavy atom. The number of H-pyrrole nitrogens is 1. The van der Waals surface area contributed by atoms with E-state index in [-0.39, 0.29) is 17.9 Å². The van der Waals surface area contributed by atoms with E-state index in [2.05, 4.69) is 15.5 Å². The first-order chi connectivity index (χ1) is 8.66. The highest BCUT2D eigenvalue weighted by Gasteiger charge is 2.11. The number of hydrogen-bond acceptors (Lipinski definition) is 3. The van der Waals surface area contributed by atoms with Crippen molar-refractivity contribution >= 4 is 17.5 Å². The molecule has 0 aliphatic rings. The molecule has 0 radical (unpaired) electrons. The number of carbonyl (C=O) groups is 2. The SMILES string of the molecule is NC(=O)c1ccccc1NC(=O)Cc1cc[nH]n1. The van der Waals surface area contributed by atoms with Crippen molar-refractivity contribution in [2.75, 3.05) is 5.32 Å². The Labute approximate surface area is 103 Å². The fourth-order valence-electron chi connectivity index (χ4n) is 1.56. The molecule has 0 aliphatic carbocycles. The molecule has 4 N–H and O–H groups in total. The normalized spacial score (nSPS) is 10.0. The van der Waals surface area contributed by atoms with Crippen LogP contribution in [0.1, 0.15) is 16.1 Å². The van der Waals surface area contributed by atoms with E-state index in [9.17, 15) is 9.59 Å². The van der Waals surface area contributed by atoms with Gasteiger partial charge in [-0.05, 0) is 18.2 Å². The van der Waals surface area contributed by atoms with E-state index in [1.165, 1.54) is 0 Å². The molecule has 92 valence electrons. The number of nitrogens with zero attached hydrogens (tertiary/aromatic N) is 1. The largest absolute Gasteiger partial charge is 0.366 e. The van der Waals surface area contributed by atoms with Crippen LogP contribution in [0.15, 0.2) is 36.5 Å². The second kappa shape index (κ2) is 5.13. The molecular formula is C12H12N4O2. The number of amides is 2. The zero-order valence-corrected chi connectivity index (χ0v) is 9.51. The van der Waals surface area contributed by atoms with Gasteiger partial charge < -0.3 is 11.1 Å². The van der Waals surface area contributed by atoms with Crippen molar-refractivity contribution in [3.8, 4) is 0 Å². The highest BCUT2D eigenvalue weighted by Crippen LogP contribution is 2.14. The third-order valence-electron chi connectivity index (χ3n) is 2.37. The number of aromatic amines is 1. The Bertz CT molecular complexity index is 563. The number of para-hydroxylation sites is 1. The van der Waals surface area contributed by atoms with Crippen LogP contribution in [0.25, 0.3) is 0 Å². The molecule has 0 unspecified atom stereocenters. The molecule has 0 atom stereocenters. The minimum absolute atomic E-state index is 0.136. The molecule has 0 saturated carbocycles. The molecule has 18 heavy (non-hydrogen) atoms. The molecule has 1 aromatic carbocycles. The Morgan fingerprint density at radius 1 is 1.28 bits per heavy atom. The first-order valence-electron chi connectivity index (χ1n) is 5.34. The van der Waals surface area contributed by atoms with Gasteiger partial charge in [-0.25, -0.2) is 0 Å². The summed E-state index contributed by atoms with van der Waals surface area (Å²) in [5.74, 6) is -0.832. The maximum Gasteiger partial charge on any atom is 0.250 e. The van der Waals surface area contributed by atoms with Gasteiger partial charge in [0, 0.05) is 6.20 Å². The first kappa shape index (κ1) is 11.8. The van der Waals surface area contributed by atoms with E-state index in [1.54, 1.807) is 36.5 Å². The van der Waals surface area contributed by atoms with Crippen LogP contribution in [-0.4, -0.2) is 22.0 Å². The molecule has 0 aliphatic heterocycles. The van der Waals surface area contributed by atoms with Crippen LogP contribution in [0, 0.1) is 0 Å². The lowest BCUT2D eigenvalue weighted by Crippen LogP contribution is -2.19. The van der Waals surface area contributed by atoms with Gasteiger partial charge in [-0.2, -0.15) is 5.10 Å². The maximum absolute atomic E-state index is 11.7. The highest BCUT2D eigenvalue weighted by molar-refractivity contribution is 6.03. The molecule has 0 saturated heterocycles. The summed E-state index contributed by atoms with van der Waals surface area (Å²) in [4.78, 5) is 22.9. The number of benzene rings is 1. The van der Waals surface area contributed by atoms with E-state index >= 15 is 0 Å². The van der Waals surface area contributed by atoms with Crippen molar-refractivity contribution in [1.29, 1.82) is 0 Å². The number of primary amides is 1. The van der Waals surface area contributed by atoms with Crippen molar-refractivity contribution in [1.82, 2.24) is 10.2 Å². The van der Waals surface area contributed by atoms with E-state index in [4.69, 9.17) is 5.73 Å². The summed E-state index contributed by atoms with van der Waals surface area (Å²) in [6, 6.07) is 8.30. The number of hydrogen-bond donors (Lipinski definition) is 3. The molecule has 1 heterocycles. The average molecular weight is 244 g/mol. The van der Waals surface area contributed by atoms with Gasteiger partial charge in [-0.15, -0.1) is 0 Å². The molecule has 2 rings (SSSR count). The summed E-state index contributed by atoms with van der Waals surface area (Å²) in [6.07, 6.45) is 1.77. The number of nitrogens with two attached hydrogens (primary N) is 1. The highest BCUT2D eigenvalue weighted by atomic mass is 16.2. The van der Waals surface area contributed by atoms with Gasteiger partial charge in [0.25, 0.3) is 5.91 Å². The molecule has 1 aromatic heterocycles. The molecule has 0 fully saturated rings. The van der Waals surface area contributed by atoms with Crippen LogP contribution in [0.3, 0.4) is 0 Å². The van der Waals surface area contributed by atoms with Crippen LogP contribution in [0.4, 0.5) is 5.69 Å². The lowest BCUT2D eigenvalue weighted by atomic mass is 10.1. The fraction of sp³-hybridized carbons (Fsp3) is 0.0833. The van der Waals surface area contributed by atoms with Crippen molar-refractivity contribution < 1.29 is 9.59 Å². The number of anilines is 1. The van der Waals surface area contributed by atoms with E-state index in [0.29, 0.717) is 11.4 Å². The second-order valence-corrected chi connectivity index (χ2v) is 3.70. The predicted molar refractivity (Wildman–Crippen MR) is 65.9 cm³/mol. The van der Waals surface area contributed by atoms with Gasteiger partial charge in [0.2, 0.25) is 5.91 Å². The number of nitrogens with one attached hydrogen (secondary N) is 2. The zero-order chi connectivity index (χ0) is 13.0. The molecule has 2 aromatic rings. The number of carbonyl (C=O) groups excluding carboxylic acids is 2. The van der Waals surface area contributed by atoms with Gasteiger partial charge in [0.15, 0.2) is 0 Å². The summed E-state index contributed by atoms with van der Waals surface area (Å²) >= 11 is 0. The van der Waals surface area contributed by atoms with Crippen LogP contribution >= 0.6 is 0 Å². The first-order valence-corrected chi connectivity index (χ1v) is 5.34. The standard InChI is InChI=1S/C12H12N4O2/c13-12(18)9-3-1-2-4-10(9)15-11(17)7-8-5-6-14-16-8/h1-6H,7H2,(H2,13,18)(H,14,16)(H,15,17). The van der Waals surface area contributed by atoms with Crippen LogP contribution in [0.5, 0.6) is 0 Å². The molecule has 6 heteroatoms. The van der Waals surface area contributed by atoms with Crippen LogP contribution in [-0.2, 0) is 11.2 Å².